The molecule has 0 bridgehead atoms. The first-order valence-corrected chi connectivity index (χ1v) is 6.73. The smallest absolute Gasteiger partial charge is 0.0963 e. The second-order valence-electron chi connectivity index (χ2n) is 5.01. The lowest BCUT2D eigenvalue weighted by molar-refractivity contribution is 0.163. The molecule has 20 heavy (non-hydrogen) atoms. The number of para-hydroxylation sites is 1. The van der Waals surface area contributed by atoms with Crippen molar-refractivity contribution in [3.63, 3.8) is 0 Å². The third kappa shape index (κ3) is 2.70. The lowest BCUT2D eigenvalue weighted by Crippen LogP contribution is -2.02. The highest BCUT2D eigenvalue weighted by Gasteiger charge is 2.10. The number of aliphatic hydroxyl groups excluding tert-OH is 1. The van der Waals surface area contributed by atoms with E-state index >= 15 is 0 Å². The summed E-state index contributed by atoms with van der Waals surface area (Å²) in [5, 5.41) is 15.5. The minimum Gasteiger partial charge on any atom is -0.387 e. The van der Waals surface area contributed by atoms with Gasteiger partial charge < -0.3 is 5.11 Å². The van der Waals surface area contributed by atoms with Crippen LogP contribution in [0.25, 0.3) is 10.9 Å². The molecular weight excluding hydrogens is 250 g/mol. The fourth-order valence-corrected chi connectivity index (χ4v) is 2.32. The molecule has 1 aromatic carbocycles. The second-order valence-corrected chi connectivity index (χ2v) is 5.01. The molecule has 0 amide bonds. The zero-order valence-corrected chi connectivity index (χ0v) is 11.4. The summed E-state index contributed by atoms with van der Waals surface area (Å²) in [6.45, 7) is 0. The average molecular weight is 267 g/mol. The summed E-state index contributed by atoms with van der Waals surface area (Å²) >= 11 is 0. The molecule has 0 saturated carbocycles. The van der Waals surface area contributed by atoms with Crippen molar-refractivity contribution in [2.45, 2.75) is 18.9 Å². The van der Waals surface area contributed by atoms with Gasteiger partial charge in [0.15, 0.2) is 0 Å². The van der Waals surface area contributed by atoms with Crippen LogP contribution in [0.3, 0.4) is 0 Å². The van der Waals surface area contributed by atoms with Gasteiger partial charge in [-0.25, -0.2) is 0 Å². The van der Waals surface area contributed by atoms with Crippen molar-refractivity contribution < 1.29 is 5.11 Å². The van der Waals surface area contributed by atoms with Crippen LogP contribution in [0.2, 0.25) is 0 Å². The molecule has 3 rings (SSSR count). The van der Waals surface area contributed by atoms with Crippen molar-refractivity contribution in [2.75, 3.05) is 0 Å². The van der Waals surface area contributed by atoms with Gasteiger partial charge in [0.25, 0.3) is 0 Å². The van der Waals surface area contributed by atoms with E-state index in [0.29, 0.717) is 6.42 Å². The zero-order valence-electron chi connectivity index (χ0n) is 11.4. The molecular formula is C16H17N3O. The maximum atomic E-state index is 10.3. The highest BCUT2D eigenvalue weighted by atomic mass is 16.3. The van der Waals surface area contributed by atoms with E-state index in [4.69, 9.17) is 0 Å². The van der Waals surface area contributed by atoms with E-state index in [1.165, 1.54) is 0 Å². The summed E-state index contributed by atoms with van der Waals surface area (Å²) in [6.07, 6.45) is 4.71. The Balaban J connectivity index is 1.73. The van der Waals surface area contributed by atoms with Crippen molar-refractivity contribution in [1.82, 2.24) is 14.8 Å². The first-order valence-electron chi connectivity index (χ1n) is 6.73. The normalized spacial score (nSPS) is 12.7. The summed E-state index contributed by atoms with van der Waals surface area (Å²) in [4.78, 5) is 4.52. The van der Waals surface area contributed by atoms with E-state index < -0.39 is 6.10 Å². The number of fused-ring (bicyclic) bond motifs is 1. The minimum atomic E-state index is -0.542. The van der Waals surface area contributed by atoms with Gasteiger partial charge in [0.2, 0.25) is 0 Å². The number of hydrogen-bond donors (Lipinski definition) is 1. The Labute approximate surface area is 117 Å². The van der Waals surface area contributed by atoms with Gasteiger partial charge in [0.1, 0.15) is 0 Å². The topological polar surface area (TPSA) is 50.9 Å². The molecule has 0 saturated heterocycles. The van der Waals surface area contributed by atoms with E-state index in [-0.39, 0.29) is 0 Å². The molecule has 1 atom stereocenters. The number of benzene rings is 1. The fraction of sp³-hybridized carbons (Fsp3) is 0.250. The van der Waals surface area contributed by atoms with Gasteiger partial charge in [0, 0.05) is 18.6 Å². The SMILES string of the molecule is Cn1cc(CCC(O)c2ccc3ccccc3n2)cn1. The number of nitrogens with zero attached hydrogens (tertiary/aromatic N) is 3. The van der Waals surface area contributed by atoms with Crippen LogP contribution in [0.1, 0.15) is 23.8 Å². The van der Waals surface area contributed by atoms with Gasteiger partial charge in [0.05, 0.1) is 23.5 Å². The highest BCUT2D eigenvalue weighted by molar-refractivity contribution is 5.78. The number of aliphatic hydroxyl groups is 1. The van der Waals surface area contributed by atoms with Crippen molar-refractivity contribution in [3.05, 3.63) is 60.0 Å². The molecule has 4 heteroatoms. The van der Waals surface area contributed by atoms with E-state index in [2.05, 4.69) is 10.1 Å². The summed E-state index contributed by atoms with van der Waals surface area (Å²) in [5.74, 6) is 0. The predicted octanol–water partition coefficient (Wildman–Crippen LogP) is 2.63. The summed E-state index contributed by atoms with van der Waals surface area (Å²) in [6, 6.07) is 11.8. The van der Waals surface area contributed by atoms with Crippen LogP contribution in [0.15, 0.2) is 48.8 Å². The largest absolute Gasteiger partial charge is 0.387 e. The molecule has 0 spiro atoms. The van der Waals surface area contributed by atoms with Crippen molar-refractivity contribution in [1.29, 1.82) is 0 Å². The van der Waals surface area contributed by atoms with Crippen molar-refractivity contribution in [2.24, 2.45) is 7.05 Å². The van der Waals surface area contributed by atoms with Crippen LogP contribution >= 0.6 is 0 Å². The van der Waals surface area contributed by atoms with Gasteiger partial charge in [-0.3, -0.25) is 9.67 Å². The molecule has 102 valence electrons. The lowest BCUT2D eigenvalue weighted by Gasteiger charge is -2.10. The molecule has 0 radical (unpaired) electrons. The average Bonchev–Trinajstić information content (AvgIpc) is 2.90. The molecule has 4 nitrogen and oxygen atoms in total. The van der Waals surface area contributed by atoms with Gasteiger partial charge >= 0.3 is 0 Å². The van der Waals surface area contributed by atoms with Crippen LogP contribution in [0.4, 0.5) is 0 Å². The molecule has 1 N–H and O–H groups in total. The Morgan fingerprint density at radius 2 is 2.05 bits per heavy atom. The molecule has 2 heterocycles. The lowest BCUT2D eigenvalue weighted by atomic mass is 10.1. The number of rotatable bonds is 4. The maximum absolute atomic E-state index is 10.3. The van der Waals surface area contributed by atoms with Crippen LogP contribution < -0.4 is 0 Å². The fourth-order valence-electron chi connectivity index (χ4n) is 2.32. The number of aromatic nitrogens is 3. The quantitative estimate of drug-likeness (QED) is 0.790. The van der Waals surface area contributed by atoms with Gasteiger partial charge in [-0.2, -0.15) is 5.10 Å². The third-order valence-corrected chi connectivity index (χ3v) is 3.43. The van der Waals surface area contributed by atoms with Crippen LogP contribution in [-0.4, -0.2) is 19.9 Å². The maximum Gasteiger partial charge on any atom is 0.0963 e. The first-order chi connectivity index (χ1) is 9.72. The Bertz CT molecular complexity index is 720. The standard InChI is InChI=1S/C16H17N3O/c1-19-11-12(10-17-19)6-9-16(20)15-8-7-13-4-2-3-5-14(13)18-15/h2-5,7-8,10-11,16,20H,6,9H2,1H3. The molecule has 0 aliphatic carbocycles. The number of hydrogen-bond acceptors (Lipinski definition) is 3. The number of aryl methyl sites for hydroxylation is 2. The van der Waals surface area contributed by atoms with E-state index in [1.54, 1.807) is 4.68 Å². The molecule has 3 aromatic rings. The molecule has 0 aliphatic heterocycles. The summed E-state index contributed by atoms with van der Waals surface area (Å²) in [5.41, 5.74) is 2.78. The van der Waals surface area contributed by atoms with E-state index in [1.807, 2.05) is 55.8 Å². The van der Waals surface area contributed by atoms with Gasteiger partial charge in [-0.15, -0.1) is 0 Å². The summed E-state index contributed by atoms with van der Waals surface area (Å²) in [7, 11) is 1.89. The minimum absolute atomic E-state index is 0.542. The predicted molar refractivity (Wildman–Crippen MR) is 78.2 cm³/mol. The Morgan fingerprint density at radius 3 is 2.85 bits per heavy atom. The molecule has 0 fully saturated rings. The Kier molecular flexibility index (Phi) is 3.48. The molecule has 1 unspecified atom stereocenters. The van der Waals surface area contributed by atoms with Gasteiger partial charge in [-0.05, 0) is 30.5 Å². The van der Waals surface area contributed by atoms with E-state index in [0.717, 1.165) is 28.6 Å². The second kappa shape index (κ2) is 5.43. The third-order valence-electron chi connectivity index (χ3n) is 3.43. The van der Waals surface area contributed by atoms with Crippen molar-refractivity contribution >= 4 is 10.9 Å². The monoisotopic (exact) mass is 267 g/mol. The van der Waals surface area contributed by atoms with E-state index in [9.17, 15) is 5.11 Å². The Hall–Kier alpha value is -2.20. The van der Waals surface area contributed by atoms with Crippen LogP contribution in [0.5, 0.6) is 0 Å². The summed E-state index contributed by atoms with van der Waals surface area (Å²) < 4.78 is 1.77. The molecule has 2 aromatic heterocycles. The van der Waals surface area contributed by atoms with Crippen molar-refractivity contribution in [3.8, 4) is 0 Å². The zero-order chi connectivity index (χ0) is 13.9. The first kappa shape index (κ1) is 12.8. The molecule has 0 aliphatic rings. The van der Waals surface area contributed by atoms with Crippen LogP contribution in [0, 0.1) is 0 Å². The number of pyridine rings is 1. The Morgan fingerprint density at radius 1 is 1.20 bits per heavy atom. The van der Waals surface area contributed by atoms with Crippen LogP contribution in [-0.2, 0) is 13.5 Å². The van der Waals surface area contributed by atoms with Gasteiger partial charge in [-0.1, -0.05) is 24.3 Å². The highest BCUT2D eigenvalue weighted by Crippen LogP contribution is 2.20.